The molecule has 1 atom stereocenters. The van der Waals surface area contributed by atoms with Crippen molar-refractivity contribution in [2.75, 3.05) is 31.1 Å². The van der Waals surface area contributed by atoms with Crippen LogP contribution in [0.3, 0.4) is 0 Å². The van der Waals surface area contributed by atoms with Crippen LogP contribution in [0.25, 0.3) is 0 Å². The minimum Gasteiger partial charge on any atom is -0.444 e. The predicted molar refractivity (Wildman–Crippen MR) is 116 cm³/mol. The standard InChI is InChI=1S/C22H30N4O6/c1-22(2,3)32-21(31)26-10-8-25(9-11-26)15-4-5-16(14(12-15)13-27)19(29)23-17-6-7-18(28)24-20(17)30/h4-5,12,17,27H,6-11,13H2,1-3H3,(H,23,29)(H,24,28,30). The number of aliphatic hydroxyl groups excluding tert-OH is 1. The number of nitrogens with zero attached hydrogens (tertiary/aromatic N) is 2. The van der Waals surface area contributed by atoms with E-state index in [0.29, 0.717) is 31.7 Å². The summed E-state index contributed by atoms with van der Waals surface area (Å²) in [6.07, 6.45) is 0.0662. The van der Waals surface area contributed by atoms with E-state index >= 15 is 0 Å². The summed E-state index contributed by atoms with van der Waals surface area (Å²) in [7, 11) is 0. The lowest BCUT2D eigenvalue weighted by atomic mass is 10.0. The summed E-state index contributed by atoms with van der Waals surface area (Å²) in [6, 6.07) is 4.35. The zero-order chi connectivity index (χ0) is 23.5. The number of piperazine rings is 1. The van der Waals surface area contributed by atoms with Gasteiger partial charge < -0.3 is 25.0 Å². The highest BCUT2D eigenvalue weighted by Gasteiger charge is 2.29. The third-order valence-corrected chi connectivity index (χ3v) is 5.34. The van der Waals surface area contributed by atoms with E-state index in [1.54, 1.807) is 23.1 Å². The lowest BCUT2D eigenvalue weighted by Gasteiger charge is -2.37. The van der Waals surface area contributed by atoms with Gasteiger partial charge in [0.15, 0.2) is 0 Å². The van der Waals surface area contributed by atoms with Crippen LogP contribution in [0.5, 0.6) is 0 Å². The van der Waals surface area contributed by atoms with Gasteiger partial charge in [0.05, 0.1) is 6.61 Å². The molecule has 2 aliphatic rings. The fraction of sp³-hybridized carbons (Fsp3) is 0.545. The Kier molecular flexibility index (Phi) is 7.02. The summed E-state index contributed by atoms with van der Waals surface area (Å²) in [5, 5.41) is 14.6. The minimum absolute atomic E-state index is 0.164. The number of imide groups is 1. The number of nitrogens with one attached hydrogen (secondary N) is 2. The Hall–Kier alpha value is -3.14. The first-order chi connectivity index (χ1) is 15.1. The van der Waals surface area contributed by atoms with E-state index < -0.39 is 23.5 Å². The van der Waals surface area contributed by atoms with Gasteiger partial charge in [0, 0.05) is 43.9 Å². The SMILES string of the molecule is CC(C)(C)OC(=O)N1CCN(c2ccc(C(=O)NC3CCC(=O)NC3=O)c(CO)c2)CC1. The molecule has 2 aliphatic heterocycles. The Morgan fingerprint density at radius 3 is 2.47 bits per heavy atom. The molecule has 10 nitrogen and oxygen atoms in total. The van der Waals surface area contributed by atoms with Gasteiger partial charge in [-0.2, -0.15) is 0 Å². The van der Waals surface area contributed by atoms with E-state index in [0.717, 1.165) is 5.69 Å². The van der Waals surface area contributed by atoms with Gasteiger partial charge in [-0.3, -0.25) is 19.7 Å². The number of amides is 4. The Labute approximate surface area is 186 Å². The van der Waals surface area contributed by atoms with E-state index in [1.807, 2.05) is 20.8 Å². The van der Waals surface area contributed by atoms with Crippen molar-refractivity contribution in [2.24, 2.45) is 0 Å². The van der Waals surface area contributed by atoms with Crippen molar-refractivity contribution in [2.45, 2.75) is 51.9 Å². The van der Waals surface area contributed by atoms with E-state index in [-0.39, 0.29) is 37.0 Å². The number of aliphatic hydroxyl groups is 1. The summed E-state index contributed by atoms with van der Waals surface area (Å²) in [5.74, 6) is -1.36. The van der Waals surface area contributed by atoms with Crippen LogP contribution in [0.1, 0.15) is 49.5 Å². The van der Waals surface area contributed by atoms with Crippen molar-refractivity contribution in [3.8, 4) is 0 Å². The van der Waals surface area contributed by atoms with Crippen molar-refractivity contribution < 1.29 is 29.0 Å². The van der Waals surface area contributed by atoms with Crippen LogP contribution in [-0.2, 0) is 20.9 Å². The first-order valence-corrected chi connectivity index (χ1v) is 10.7. The molecular formula is C22H30N4O6. The van der Waals surface area contributed by atoms with Crippen LogP contribution in [0.2, 0.25) is 0 Å². The molecule has 0 spiro atoms. The number of benzene rings is 1. The van der Waals surface area contributed by atoms with Crippen molar-refractivity contribution in [3.05, 3.63) is 29.3 Å². The molecule has 0 aliphatic carbocycles. The number of piperidine rings is 1. The monoisotopic (exact) mass is 446 g/mol. The first kappa shape index (κ1) is 23.5. The van der Waals surface area contributed by atoms with E-state index in [2.05, 4.69) is 15.5 Å². The zero-order valence-electron chi connectivity index (χ0n) is 18.6. The van der Waals surface area contributed by atoms with Gasteiger partial charge in [0.1, 0.15) is 11.6 Å². The molecule has 3 rings (SSSR count). The molecule has 1 aromatic carbocycles. The number of hydrogen-bond acceptors (Lipinski definition) is 7. The third-order valence-electron chi connectivity index (χ3n) is 5.34. The van der Waals surface area contributed by atoms with Gasteiger partial charge in [-0.15, -0.1) is 0 Å². The smallest absolute Gasteiger partial charge is 0.410 e. The molecule has 0 bridgehead atoms. The normalized spacial score (nSPS) is 19.4. The quantitative estimate of drug-likeness (QED) is 0.583. The maximum atomic E-state index is 12.7. The van der Waals surface area contributed by atoms with Gasteiger partial charge in [0.25, 0.3) is 5.91 Å². The van der Waals surface area contributed by atoms with Crippen LogP contribution in [0.4, 0.5) is 10.5 Å². The maximum Gasteiger partial charge on any atom is 0.410 e. The van der Waals surface area contributed by atoms with Gasteiger partial charge in [0.2, 0.25) is 11.8 Å². The van der Waals surface area contributed by atoms with Gasteiger partial charge in [-0.1, -0.05) is 0 Å². The van der Waals surface area contributed by atoms with Gasteiger partial charge >= 0.3 is 6.09 Å². The van der Waals surface area contributed by atoms with Crippen molar-refractivity contribution in [3.63, 3.8) is 0 Å². The topological polar surface area (TPSA) is 128 Å². The highest BCUT2D eigenvalue weighted by atomic mass is 16.6. The van der Waals surface area contributed by atoms with E-state index in [9.17, 15) is 24.3 Å². The summed E-state index contributed by atoms with van der Waals surface area (Å²) in [5.41, 5.74) is 0.986. The van der Waals surface area contributed by atoms with E-state index in [1.165, 1.54) is 0 Å². The predicted octanol–water partition coefficient (Wildman–Crippen LogP) is 0.771. The number of hydrogen-bond donors (Lipinski definition) is 3. The molecule has 0 radical (unpaired) electrons. The largest absolute Gasteiger partial charge is 0.444 e. The van der Waals surface area contributed by atoms with Gasteiger partial charge in [-0.25, -0.2) is 4.79 Å². The minimum atomic E-state index is -0.785. The maximum absolute atomic E-state index is 12.7. The van der Waals surface area contributed by atoms with Crippen molar-refractivity contribution in [1.82, 2.24) is 15.5 Å². The molecule has 3 N–H and O–H groups in total. The van der Waals surface area contributed by atoms with Crippen molar-refractivity contribution in [1.29, 1.82) is 0 Å². The zero-order valence-corrected chi connectivity index (χ0v) is 18.6. The fourth-order valence-corrected chi connectivity index (χ4v) is 3.67. The molecule has 32 heavy (non-hydrogen) atoms. The molecule has 10 heteroatoms. The second-order valence-corrected chi connectivity index (χ2v) is 8.93. The summed E-state index contributed by atoms with van der Waals surface area (Å²) in [6.45, 7) is 7.32. The van der Waals surface area contributed by atoms with Gasteiger partial charge in [-0.05, 0) is 51.0 Å². The Balaban J connectivity index is 1.63. The first-order valence-electron chi connectivity index (χ1n) is 10.7. The van der Waals surface area contributed by atoms with Crippen LogP contribution in [0, 0.1) is 0 Å². The third kappa shape index (κ3) is 5.76. The molecule has 1 unspecified atom stereocenters. The summed E-state index contributed by atoms with van der Waals surface area (Å²) >= 11 is 0. The molecule has 2 saturated heterocycles. The lowest BCUT2D eigenvalue weighted by molar-refractivity contribution is -0.134. The van der Waals surface area contributed by atoms with Crippen molar-refractivity contribution >= 4 is 29.5 Å². The molecule has 0 saturated carbocycles. The average molecular weight is 447 g/mol. The Morgan fingerprint density at radius 1 is 1.19 bits per heavy atom. The molecule has 2 heterocycles. The fourth-order valence-electron chi connectivity index (χ4n) is 3.67. The summed E-state index contributed by atoms with van der Waals surface area (Å²) < 4.78 is 5.42. The average Bonchev–Trinajstić information content (AvgIpc) is 2.74. The van der Waals surface area contributed by atoms with Crippen LogP contribution < -0.4 is 15.5 Å². The number of carbonyl (C=O) groups excluding carboxylic acids is 4. The van der Waals surface area contributed by atoms with Crippen LogP contribution >= 0.6 is 0 Å². The molecule has 4 amide bonds. The molecular weight excluding hydrogens is 416 g/mol. The highest BCUT2D eigenvalue weighted by molar-refractivity contribution is 6.04. The molecule has 1 aromatic rings. The number of rotatable bonds is 4. The van der Waals surface area contributed by atoms with Crippen LogP contribution in [-0.4, -0.2) is 71.6 Å². The number of carbonyl (C=O) groups is 4. The van der Waals surface area contributed by atoms with Crippen LogP contribution in [0.15, 0.2) is 18.2 Å². The number of anilines is 1. The second kappa shape index (κ2) is 9.56. The molecule has 174 valence electrons. The number of ether oxygens (including phenoxy) is 1. The Morgan fingerprint density at radius 2 is 1.88 bits per heavy atom. The summed E-state index contributed by atoms with van der Waals surface area (Å²) in [4.78, 5) is 51.8. The Bertz CT molecular complexity index is 902. The highest BCUT2D eigenvalue weighted by Crippen LogP contribution is 2.22. The lowest BCUT2D eigenvalue weighted by Crippen LogP contribution is -2.52. The second-order valence-electron chi connectivity index (χ2n) is 8.93. The van der Waals surface area contributed by atoms with E-state index in [4.69, 9.17) is 4.74 Å². The molecule has 0 aromatic heterocycles. The molecule has 2 fully saturated rings.